The third-order valence-corrected chi connectivity index (χ3v) is 3.41. The van der Waals surface area contributed by atoms with E-state index in [1.54, 1.807) is 12.4 Å². The van der Waals surface area contributed by atoms with Gasteiger partial charge >= 0.3 is 0 Å². The molecule has 0 unspecified atom stereocenters. The number of rotatable bonds is 5. The van der Waals surface area contributed by atoms with Crippen LogP contribution in [0.4, 0.5) is 5.82 Å². The molecule has 102 valence electrons. The fourth-order valence-corrected chi connectivity index (χ4v) is 2.60. The molecular formula is C14H21N5. The molecule has 0 radical (unpaired) electrons. The molecule has 0 saturated carbocycles. The van der Waals surface area contributed by atoms with E-state index < -0.39 is 0 Å². The SMILES string of the molecule is CC(C)CN1CCC[C@@H]1CNc1nccnc1C#N. The molecule has 19 heavy (non-hydrogen) atoms. The summed E-state index contributed by atoms with van der Waals surface area (Å²) in [6, 6.07) is 2.60. The number of hydrogen-bond donors (Lipinski definition) is 1. The van der Waals surface area contributed by atoms with Gasteiger partial charge in [0.2, 0.25) is 0 Å². The Kier molecular flexibility index (Phi) is 4.69. The van der Waals surface area contributed by atoms with Crippen LogP contribution in [0.2, 0.25) is 0 Å². The molecular weight excluding hydrogens is 238 g/mol. The average Bonchev–Trinajstić information content (AvgIpc) is 2.83. The van der Waals surface area contributed by atoms with Gasteiger partial charge in [-0.2, -0.15) is 5.26 Å². The molecule has 0 amide bonds. The van der Waals surface area contributed by atoms with Crippen LogP contribution in [-0.2, 0) is 0 Å². The molecule has 1 aromatic heterocycles. The van der Waals surface area contributed by atoms with Gasteiger partial charge < -0.3 is 5.32 Å². The second-order valence-corrected chi connectivity index (χ2v) is 5.43. The van der Waals surface area contributed by atoms with Crippen molar-refractivity contribution in [3.63, 3.8) is 0 Å². The second-order valence-electron chi connectivity index (χ2n) is 5.43. The number of nitrogens with zero attached hydrogens (tertiary/aromatic N) is 4. The zero-order valence-corrected chi connectivity index (χ0v) is 11.6. The fraction of sp³-hybridized carbons (Fsp3) is 0.643. The molecule has 1 saturated heterocycles. The Bertz CT molecular complexity index is 451. The topological polar surface area (TPSA) is 64.8 Å². The van der Waals surface area contributed by atoms with Crippen molar-refractivity contribution in [2.24, 2.45) is 5.92 Å². The third kappa shape index (κ3) is 3.65. The Labute approximate surface area is 114 Å². The van der Waals surface area contributed by atoms with E-state index in [0.717, 1.165) is 13.1 Å². The minimum atomic E-state index is 0.371. The molecule has 2 rings (SSSR count). The van der Waals surface area contributed by atoms with E-state index in [0.29, 0.717) is 23.5 Å². The minimum Gasteiger partial charge on any atom is -0.366 e. The molecule has 0 aromatic carbocycles. The summed E-state index contributed by atoms with van der Waals surface area (Å²) in [7, 11) is 0. The quantitative estimate of drug-likeness (QED) is 0.874. The summed E-state index contributed by atoms with van der Waals surface area (Å²) in [5, 5.41) is 12.2. The summed E-state index contributed by atoms with van der Waals surface area (Å²) in [5.41, 5.74) is 0.371. The lowest BCUT2D eigenvalue weighted by Gasteiger charge is -2.26. The van der Waals surface area contributed by atoms with Crippen LogP contribution < -0.4 is 5.32 Å². The maximum atomic E-state index is 8.98. The van der Waals surface area contributed by atoms with Gasteiger partial charge in [0.15, 0.2) is 11.5 Å². The van der Waals surface area contributed by atoms with Crippen molar-refractivity contribution in [1.82, 2.24) is 14.9 Å². The molecule has 1 aromatic rings. The van der Waals surface area contributed by atoms with Crippen molar-refractivity contribution in [2.75, 3.05) is 25.0 Å². The normalized spacial score (nSPS) is 19.6. The lowest BCUT2D eigenvalue weighted by Crippen LogP contribution is -2.37. The molecule has 5 nitrogen and oxygen atoms in total. The Morgan fingerprint density at radius 2 is 2.26 bits per heavy atom. The van der Waals surface area contributed by atoms with Crippen molar-refractivity contribution in [2.45, 2.75) is 32.7 Å². The summed E-state index contributed by atoms with van der Waals surface area (Å²) >= 11 is 0. The number of likely N-dealkylation sites (tertiary alicyclic amines) is 1. The standard InChI is InChI=1S/C14H21N5/c1-11(2)10-19-7-3-4-12(19)9-18-14-13(8-15)16-5-6-17-14/h5-6,11-12H,3-4,7,9-10H2,1-2H3,(H,17,18)/t12-/m1/s1. The van der Waals surface area contributed by atoms with Gasteiger partial charge in [0.05, 0.1) is 0 Å². The summed E-state index contributed by atoms with van der Waals surface area (Å²) in [4.78, 5) is 10.7. The maximum absolute atomic E-state index is 8.98. The Hall–Kier alpha value is -1.67. The number of hydrogen-bond acceptors (Lipinski definition) is 5. The van der Waals surface area contributed by atoms with E-state index in [4.69, 9.17) is 5.26 Å². The highest BCUT2D eigenvalue weighted by Crippen LogP contribution is 2.19. The monoisotopic (exact) mass is 259 g/mol. The number of anilines is 1. The molecule has 0 aliphatic carbocycles. The lowest BCUT2D eigenvalue weighted by atomic mass is 10.1. The highest BCUT2D eigenvalue weighted by molar-refractivity contribution is 5.46. The van der Waals surface area contributed by atoms with Crippen LogP contribution in [0.1, 0.15) is 32.4 Å². The largest absolute Gasteiger partial charge is 0.366 e. The van der Waals surface area contributed by atoms with Crippen molar-refractivity contribution in [3.8, 4) is 6.07 Å². The zero-order chi connectivity index (χ0) is 13.7. The van der Waals surface area contributed by atoms with Gasteiger partial charge in [-0.15, -0.1) is 0 Å². The van der Waals surface area contributed by atoms with E-state index in [9.17, 15) is 0 Å². The van der Waals surface area contributed by atoms with Crippen molar-refractivity contribution < 1.29 is 0 Å². The summed E-state index contributed by atoms with van der Waals surface area (Å²) in [6.07, 6.45) is 5.63. The van der Waals surface area contributed by atoms with E-state index in [2.05, 4.69) is 40.1 Å². The second kappa shape index (κ2) is 6.48. The summed E-state index contributed by atoms with van der Waals surface area (Å²) in [6.45, 7) is 7.65. The van der Waals surface area contributed by atoms with Crippen molar-refractivity contribution in [3.05, 3.63) is 18.1 Å². The van der Waals surface area contributed by atoms with Crippen LogP contribution in [0.5, 0.6) is 0 Å². The molecule has 1 aliphatic heterocycles. The Morgan fingerprint density at radius 1 is 1.47 bits per heavy atom. The van der Waals surface area contributed by atoms with Gasteiger partial charge in [0, 0.05) is 31.5 Å². The number of aromatic nitrogens is 2. The molecule has 1 fully saturated rings. The number of nitrogens with one attached hydrogen (secondary N) is 1. The fourth-order valence-electron chi connectivity index (χ4n) is 2.60. The molecule has 0 bridgehead atoms. The maximum Gasteiger partial charge on any atom is 0.182 e. The molecule has 1 N–H and O–H groups in total. The van der Waals surface area contributed by atoms with Gasteiger partial charge in [-0.05, 0) is 25.3 Å². The first-order valence-electron chi connectivity index (χ1n) is 6.89. The highest BCUT2D eigenvalue weighted by atomic mass is 15.2. The molecule has 0 spiro atoms. The third-order valence-electron chi connectivity index (χ3n) is 3.41. The van der Waals surface area contributed by atoms with Gasteiger partial charge in [0.25, 0.3) is 0 Å². The predicted octanol–water partition coefficient (Wildman–Crippen LogP) is 1.88. The molecule has 2 heterocycles. The Balaban J connectivity index is 1.93. The first-order chi connectivity index (χ1) is 9.20. The van der Waals surface area contributed by atoms with Crippen LogP contribution in [0.3, 0.4) is 0 Å². The lowest BCUT2D eigenvalue weighted by molar-refractivity contribution is 0.234. The molecule has 5 heteroatoms. The minimum absolute atomic E-state index is 0.371. The van der Waals surface area contributed by atoms with E-state index in [1.165, 1.54) is 19.4 Å². The van der Waals surface area contributed by atoms with Gasteiger partial charge in [-0.1, -0.05) is 13.8 Å². The first-order valence-corrected chi connectivity index (χ1v) is 6.89. The van der Waals surface area contributed by atoms with E-state index in [1.807, 2.05) is 0 Å². The van der Waals surface area contributed by atoms with E-state index in [-0.39, 0.29) is 0 Å². The zero-order valence-electron chi connectivity index (χ0n) is 11.6. The van der Waals surface area contributed by atoms with Crippen LogP contribution in [0.15, 0.2) is 12.4 Å². The predicted molar refractivity (Wildman–Crippen MR) is 74.7 cm³/mol. The summed E-state index contributed by atoms with van der Waals surface area (Å²) in [5.74, 6) is 1.29. The van der Waals surface area contributed by atoms with Crippen molar-refractivity contribution in [1.29, 1.82) is 5.26 Å². The first kappa shape index (κ1) is 13.8. The molecule has 1 aliphatic rings. The summed E-state index contributed by atoms with van der Waals surface area (Å²) < 4.78 is 0. The molecule has 1 atom stereocenters. The van der Waals surface area contributed by atoms with Gasteiger partial charge in [0.1, 0.15) is 6.07 Å². The number of nitriles is 1. The van der Waals surface area contributed by atoms with Gasteiger partial charge in [-0.3, -0.25) is 4.90 Å². The van der Waals surface area contributed by atoms with Crippen LogP contribution >= 0.6 is 0 Å². The highest BCUT2D eigenvalue weighted by Gasteiger charge is 2.24. The average molecular weight is 259 g/mol. The van der Waals surface area contributed by atoms with Crippen molar-refractivity contribution >= 4 is 5.82 Å². The van der Waals surface area contributed by atoms with E-state index >= 15 is 0 Å². The van der Waals surface area contributed by atoms with Crippen LogP contribution in [0, 0.1) is 17.2 Å². The van der Waals surface area contributed by atoms with Crippen LogP contribution in [-0.4, -0.2) is 40.5 Å². The Morgan fingerprint density at radius 3 is 3.00 bits per heavy atom. The smallest absolute Gasteiger partial charge is 0.182 e. The van der Waals surface area contributed by atoms with Gasteiger partial charge in [-0.25, -0.2) is 9.97 Å². The van der Waals surface area contributed by atoms with Crippen LogP contribution in [0.25, 0.3) is 0 Å².